The highest BCUT2D eigenvalue weighted by atomic mass is 35.5. The molecule has 0 aliphatic heterocycles. The molecule has 0 aromatic carbocycles. The fourth-order valence-electron chi connectivity index (χ4n) is 1.12. The Morgan fingerprint density at radius 2 is 2.50 bits per heavy atom. The van der Waals surface area contributed by atoms with Gasteiger partial charge in [-0.2, -0.15) is 0 Å². The summed E-state index contributed by atoms with van der Waals surface area (Å²) in [6, 6.07) is 0. The van der Waals surface area contributed by atoms with Gasteiger partial charge in [0.2, 0.25) is 0 Å². The predicted octanol–water partition coefficient (Wildman–Crippen LogP) is 1.08. The number of allylic oxidation sites excluding steroid dienone is 1. The second kappa shape index (κ2) is 3.17. The zero-order chi connectivity index (χ0) is 7.56. The van der Waals surface area contributed by atoms with Crippen LogP contribution in [0.25, 0.3) is 0 Å². The van der Waals surface area contributed by atoms with E-state index in [0.717, 1.165) is 12.7 Å². The van der Waals surface area contributed by atoms with Crippen LogP contribution in [0.2, 0.25) is 0 Å². The summed E-state index contributed by atoms with van der Waals surface area (Å²) in [7, 11) is 0. The minimum Gasteiger partial charge on any atom is -0.396 e. The van der Waals surface area contributed by atoms with Crippen molar-refractivity contribution in [2.45, 2.75) is 12.8 Å². The molecule has 1 rings (SSSR count). The zero-order valence-electron chi connectivity index (χ0n) is 5.51. The van der Waals surface area contributed by atoms with Gasteiger partial charge >= 0.3 is 0 Å². The van der Waals surface area contributed by atoms with E-state index in [1.54, 1.807) is 0 Å². The number of hydrogen-bond acceptors (Lipinski definition) is 2. The third kappa shape index (κ3) is 1.22. The molecule has 1 atom stereocenters. The number of carbonyl (C=O) groups excluding carboxylic acids is 1. The highest BCUT2D eigenvalue weighted by Crippen LogP contribution is 2.32. The lowest BCUT2D eigenvalue weighted by atomic mass is 10.1. The van der Waals surface area contributed by atoms with Gasteiger partial charge in [-0.1, -0.05) is 11.6 Å². The molecule has 0 bridgehead atoms. The highest BCUT2D eigenvalue weighted by Gasteiger charge is 2.22. The first kappa shape index (κ1) is 7.76. The van der Waals surface area contributed by atoms with Gasteiger partial charge < -0.3 is 5.11 Å². The highest BCUT2D eigenvalue weighted by molar-refractivity contribution is 6.31. The fourth-order valence-corrected chi connectivity index (χ4v) is 1.44. The Labute approximate surface area is 64.5 Å². The van der Waals surface area contributed by atoms with Gasteiger partial charge in [-0.3, -0.25) is 4.79 Å². The molecule has 0 saturated carbocycles. The molecule has 0 heterocycles. The second-order valence-corrected chi connectivity index (χ2v) is 2.82. The van der Waals surface area contributed by atoms with E-state index in [-0.39, 0.29) is 12.5 Å². The third-order valence-corrected chi connectivity index (χ3v) is 2.34. The number of carbonyl (C=O) groups is 1. The molecule has 10 heavy (non-hydrogen) atoms. The van der Waals surface area contributed by atoms with E-state index < -0.39 is 0 Å². The number of aliphatic hydroxyl groups is 1. The average Bonchev–Trinajstić information content (AvgIpc) is 2.30. The normalized spacial score (nSPS) is 25.6. The summed E-state index contributed by atoms with van der Waals surface area (Å²) in [5, 5.41) is 9.27. The molecular formula is C7H9ClO2. The van der Waals surface area contributed by atoms with Crippen molar-refractivity contribution in [2.75, 3.05) is 6.61 Å². The Hall–Kier alpha value is -0.340. The smallest absolute Gasteiger partial charge is 0.147 e. The van der Waals surface area contributed by atoms with Crippen LogP contribution in [0.1, 0.15) is 12.8 Å². The molecule has 1 aliphatic carbocycles. The quantitative estimate of drug-likeness (QED) is 0.614. The van der Waals surface area contributed by atoms with Crippen molar-refractivity contribution < 1.29 is 9.90 Å². The van der Waals surface area contributed by atoms with E-state index in [1.807, 2.05) is 0 Å². The van der Waals surface area contributed by atoms with Gasteiger partial charge in [-0.15, -0.1) is 0 Å². The standard InChI is InChI=1S/C7H9ClO2/c8-7-5(3-9)1-2-6(7)4-10/h3,6,10H,1-2,4H2. The largest absolute Gasteiger partial charge is 0.396 e. The Morgan fingerprint density at radius 3 is 2.80 bits per heavy atom. The molecule has 0 spiro atoms. The molecule has 56 valence electrons. The van der Waals surface area contributed by atoms with Crippen LogP contribution in [0.4, 0.5) is 0 Å². The van der Waals surface area contributed by atoms with Crippen molar-refractivity contribution in [1.82, 2.24) is 0 Å². The van der Waals surface area contributed by atoms with Gasteiger partial charge in [0, 0.05) is 16.5 Å². The first-order chi connectivity index (χ1) is 4.79. The van der Waals surface area contributed by atoms with Crippen molar-refractivity contribution in [3.05, 3.63) is 10.6 Å². The summed E-state index contributed by atoms with van der Waals surface area (Å²) in [6.45, 7) is 0.0518. The summed E-state index contributed by atoms with van der Waals surface area (Å²) in [5.74, 6) is 0.0156. The average molecular weight is 161 g/mol. The number of rotatable bonds is 2. The lowest BCUT2D eigenvalue weighted by Gasteiger charge is -2.02. The zero-order valence-corrected chi connectivity index (χ0v) is 6.27. The first-order valence-electron chi connectivity index (χ1n) is 3.24. The Kier molecular flexibility index (Phi) is 2.46. The summed E-state index contributed by atoms with van der Waals surface area (Å²) >= 11 is 5.73. The molecule has 0 aromatic heterocycles. The van der Waals surface area contributed by atoms with Crippen LogP contribution in [0.3, 0.4) is 0 Å². The van der Waals surface area contributed by atoms with Crippen molar-refractivity contribution in [3.8, 4) is 0 Å². The maximum absolute atomic E-state index is 10.3. The van der Waals surface area contributed by atoms with Gasteiger partial charge in [-0.25, -0.2) is 0 Å². The molecule has 0 fully saturated rings. The molecule has 0 aromatic rings. The van der Waals surface area contributed by atoms with Gasteiger partial charge in [0.15, 0.2) is 0 Å². The lowest BCUT2D eigenvalue weighted by molar-refractivity contribution is -0.105. The molecule has 1 aliphatic rings. The van der Waals surface area contributed by atoms with Crippen LogP contribution in [-0.4, -0.2) is 18.0 Å². The number of hydrogen-bond donors (Lipinski definition) is 1. The minimum atomic E-state index is 0.0156. The molecule has 0 radical (unpaired) electrons. The van der Waals surface area contributed by atoms with Crippen LogP contribution >= 0.6 is 11.6 Å². The number of halogens is 1. The van der Waals surface area contributed by atoms with E-state index in [9.17, 15) is 4.79 Å². The molecule has 2 nitrogen and oxygen atoms in total. The van der Waals surface area contributed by atoms with Crippen LogP contribution in [0.5, 0.6) is 0 Å². The Balaban J connectivity index is 2.72. The van der Waals surface area contributed by atoms with Crippen molar-refractivity contribution in [1.29, 1.82) is 0 Å². The van der Waals surface area contributed by atoms with Crippen molar-refractivity contribution >= 4 is 17.9 Å². The van der Waals surface area contributed by atoms with Crippen molar-refractivity contribution in [2.24, 2.45) is 5.92 Å². The van der Waals surface area contributed by atoms with Gasteiger partial charge in [-0.05, 0) is 12.8 Å². The van der Waals surface area contributed by atoms with Crippen molar-refractivity contribution in [3.63, 3.8) is 0 Å². The van der Waals surface area contributed by atoms with Crippen LogP contribution in [0.15, 0.2) is 10.6 Å². The number of aldehydes is 1. The molecule has 1 N–H and O–H groups in total. The number of aliphatic hydroxyl groups excluding tert-OH is 1. The third-order valence-electron chi connectivity index (χ3n) is 1.79. The molecular weight excluding hydrogens is 152 g/mol. The van der Waals surface area contributed by atoms with E-state index >= 15 is 0 Å². The minimum absolute atomic E-state index is 0.0156. The fraction of sp³-hybridized carbons (Fsp3) is 0.571. The molecule has 1 unspecified atom stereocenters. The summed E-state index contributed by atoms with van der Waals surface area (Å²) in [5.41, 5.74) is 0.653. The predicted molar refractivity (Wildman–Crippen MR) is 38.8 cm³/mol. The Morgan fingerprint density at radius 1 is 1.80 bits per heavy atom. The van der Waals surface area contributed by atoms with Crippen LogP contribution in [0, 0.1) is 5.92 Å². The van der Waals surface area contributed by atoms with Crippen LogP contribution in [-0.2, 0) is 4.79 Å². The second-order valence-electron chi connectivity index (χ2n) is 2.41. The Bertz CT molecular complexity index is 174. The van der Waals surface area contributed by atoms with E-state index in [1.165, 1.54) is 0 Å². The SMILES string of the molecule is O=CC1=C(Cl)C(CO)CC1. The molecule has 0 amide bonds. The maximum atomic E-state index is 10.3. The van der Waals surface area contributed by atoms with Gasteiger partial charge in [0.25, 0.3) is 0 Å². The van der Waals surface area contributed by atoms with E-state index in [2.05, 4.69) is 0 Å². The van der Waals surface area contributed by atoms with Gasteiger partial charge in [0.1, 0.15) is 6.29 Å². The molecule has 3 heteroatoms. The van der Waals surface area contributed by atoms with E-state index in [4.69, 9.17) is 16.7 Å². The molecule has 0 saturated heterocycles. The monoisotopic (exact) mass is 160 g/mol. The van der Waals surface area contributed by atoms with Crippen LogP contribution < -0.4 is 0 Å². The topological polar surface area (TPSA) is 37.3 Å². The van der Waals surface area contributed by atoms with E-state index in [0.29, 0.717) is 17.0 Å². The van der Waals surface area contributed by atoms with Gasteiger partial charge in [0.05, 0.1) is 6.61 Å². The maximum Gasteiger partial charge on any atom is 0.147 e. The first-order valence-corrected chi connectivity index (χ1v) is 3.62. The summed E-state index contributed by atoms with van der Waals surface area (Å²) < 4.78 is 0. The summed E-state index contributed by atoms with van der Waals surface area (Å²) in [4.78, 5) is 10.3. The lowest BCUT2D eigenvalue weighted by Crippen LogP contribution is -2.00. The summed E-state index contributed by atoms with van der Waals surface area (Å²) in [6.07, 6.45) is 2.30.